The molecule has 0 radical (unpaired) electrons. The molecule has 2 rings (SSSR count). The minimum absolute atomic E-state index is 0.192. The summed E-state index contributed by atoms with van der Waals surface area (Å²) in [5.74, 6) is 0.707. The number of ether oxygens (including phenoxy) is 3. The second-order valence-electron chi connectivity index (χ2n) is 5.12. The van der Waals surface area contributed by atoms with Gasteiger partial charge in [-0.05, 0) is 36.8 Å². The van der Waals surface area contributed by atoms with E-state index in [9.17, 15) is 9.18 Å². The lowest BCUT2D eigenvalue weighted by Gasteiger charge is -2.16. The fraction of sp³-hybridized carbons (Fsp3) is 0.278. The van der Waals surface area contributed by atoms with E-state index in [2.05, 4.69) is 5.32 Å². The second-order valence-corrected chi connectivity index (χ2v) is 5.12. The molecular formula is C18H20FNO4. The van der Waals surface area contributed by atoms with Crippen molar-refractivity contribution in [1.82, 2.24) is 5.32 Å². The lowest BCUT2D eigenvalue weighted by Crippen LogP contribution is -2.31. The highest BCUT2D eigenvalue weighted by atomic mass is 19.1. The Morgan fingerprint density at radius 3 is 2.21 bits per heavy atom. The molecule has 24 heavy (non-hydrogen) atoms. The van der Waals surface area contributed by atoms with Crippen LogP contribution in [0.5, 0.6) is 17.2 Å². The molecule has 0 saturated heterocycles. The summed E-state index contributed by atoms with van der Waals surface area (Å²) in [4.78, 5) is 12.1. The molecule has 0 aliphatic heterocycles. The molecule has 1 atom stereocenters. The third kappa shape index (κ3) is 4.38. The van der Waals surface area contributed by atoms with Gasteiger partial charge in [0.15, 0.2) is 18.1 Å². The average Bonchev–Trinajstić information content (AvgIpc) is 2.59. The summed E-state index contributed by atoms with van der Waals surface area (Å²) in [6.07, 6.45) is 0. The first kappa shape index (κ1) is 17.6. The van der Waals surface area contributed by atoms with Gasteiger partial charge in [0.05, 0.1) is 20.3 Å². The maximum Gasteiger partial charge on any atom is 0.258 e. The number of rotatable bonds is 7. The number of carbonyl (C=O) groups excluding carboxylic acids is 1. The molecule has 0 heterocycles. The Hall–Kier alpha value is -2.76. The van der Waals surface area contributed by atoms with Gasteiger partial charge in [-0.15, -0.1) is 0 Å². The van der Waals surface area contributed by atoms with Gasteiger partial charge in [0.25, 0.3) is 5.91 Å². The SMILES string of the molecule is COc1cccc(OC)c1OCC(=O)NC(C)c1ccc(F)cc1. The number of para-hydroxylation sites is 1. The highest BCUT2D eigenvalue weighted by Crippen LogP contribution is 2.36. The molecule has 1 N–H and O–H groups in total. The van der Waals surface area contributed by atoms with E-state index in [1.807, 2.05) is 6.92 Å². The van der Waals surface area contributed by atoms with E-state index in [4.69, 9.17) is 14.2 Å². The number of hydrogen-bond donors (Lipinski definition) is 1. The molecule has 0 saturated carbocycles. The van der Waals surface area contributed by atoms with Gasteiger partial charge >= 0.3 is 0 Å². The monoisotopic (exact) mass is 333 g/mol. The average molecular weight is 333 g/mol. The van der Waals surface area contributed by atoms with Crippen LogP contribution >= 0.6 is 0 Å². The fourth-order valence-corrected chi connectivity index (χ4v) is 2.22. The zero-order chi connectivity index (χ0) is 17.5. The summed E-state index contributed by atoms with van der Waals surface area (Å²) in [7, 11) is 3.02. The van der Waals surface area contributed by atoms with Gasteiger partial charge < -0.3 is 19.5 Å². The first-order valence-electron chi connectivity index (χ1n) is 7.43. The second kappa shape index (κ2) is 8.19. The van der Waals surface area contributed by atoms with Crippen molar-refractivity contribution in [3.63, 3.8) is 0 Å². The molecule has 1 unspecified atom stereocenters. The fourth-order valence-electron chi connectivity index (χ4n) is 2.22. The quantitative estimate of drug-likeness (QED) is 0.846. The molecule has 0 spiro atoms. The number of methoxy groups -OCH3 is 2. The Balaban J connectivity index is 1.97. The minimum atomic E-state index is -0.316. The van der Waals surface area contributed by atoms with Gasteiger partial charge in [0.1, 0.15) is 5.82 Å². The van der Waals surface area contributed by atoms with E-state index in [0.29, 0.717) is 17.2 Å². The molecule has 0 aliphatic carbocycles. The van der Waals surface area contributed by atoms with Crippen LogP contribution in [0.3, 0.4) is 0 Å². The molecule has 0 bridgehead atoms. The zero-order valence-electron chi connectivity index (χ0n) is 13.8. The molecule has 5 nitrogen and oxygen atoms in total. The molecule has 0 aromatic heterocycles. The van der Waals surface area contributed by atoms with E-state index >= 15 is 0 Å². The van der Waals surface area contributed by atoms with Crippen molar-refractivity contribution in [2.45, 2.75) is 13.0 Å². The first-order valence-corrected chi connectivity index (χ1v) is 7.43. The van der Waals surface area contributed by atoms with Gasteiger partial charge in [-0.3, -0.25) is 4.79 Å². The summed E-state index contributed by atoms with van der Waals surface area (Å²) < 4.78 is 28.9. The molecule has 6 heteroatoms. The van der Waals surface area contributed by atoms with Crippen LogP contribution in [0, 0.1) is 5.82 Å². The maximum atomic E-state index is 12.9. The summed E-state index contributed by atoms with van der Waals surface area (Å²) in [6, 6.07) is 10.9. The van der Waals surface area contributed by atoms with Crippen molar-refractivity contribution in [2.75, 3.05) is 20.8 Å². The summed E-state index contributed by atoms with van der Waals surface area (Å²) >= 11 is 0. The van der Waals surface area contributed by atoms with E-state index in [1.54, 1.807) is 30.3 Å². The number of halogens is 1. The van der Waals surface area contributed by atoms with E-state index in [-0.39, 0.29) is 24.4 Å². The van der Waals surface area contributed by atoms with Crippen molar-refractivity contribution < 1.29 is 23.4 Å². The molecule has 2 aromatic carbocycles. The summed E-state index contributed by atoms with van der Waals surface area (Å²) in [6.45, 7) is 1.62. The summed E-state index contributed by atoms with van der Waals surface area (Å²) in [5, 5.41) is 2.79. The van der Waals surface area contributed by atoms with Crippen LogP contribution in [-0.4, -0.2) is 26.7 Å². The lowest BCUT2D eigenvalue weighted by atomic mass is 10.1. The van der Waals surface area contributed by atoms with Gasteiger partial charge in [-0.2, -0.15) is 0 Å². The third-order valence-corrected chi connectivity index (χ3v) is 3.48. The summed E-state index contributed by atoms with van der Waals surface area (Å²) in [5.41, 5.74) is 0.805. The van der Waals surface area contributed by atoms with Crippen LogP contribution in [0.15, 0.2) is 42.5 Å². The highest BCUT2D eigenvalue weighted by Gasteiger charge is 2.15. The number of amides is 1. The van der Waals surface area contributed by atoms with Crippen molar-refractivity contribution >= 4 is 5.91 Å². The van der Waals surface area contributed by atoms with Crippen molar-refractivity contribution in [1.29, 1.82) is 0 Å². The minimum Gasteiger partial charge on any atom is -0.493 e. The molecule has 2 aromatic rings. The highest BCUT2D eigenvalue weighted by molar-refractivity contribution is 5.78. The van der Waals surface area contributed by atoms with Crippen LogP contribution in [0.25, 0.3) is 0 Å². The number of carbonyl (C=O) groups is 1. The third-order valence-electron chi connectivity index (χ3n) is 3.48. The molecule has 1 amide bonds. The van der Waals surface area contributed by atoms with Crippen molar-refractivity contribution in [2.24, 2.45) is 0 Å². The zero-order valence-corrected chi connectivity index (χ0v) is 13.8. The van der Waals surface area contributed by atoms with Gasteiger partial charge in [0.2, 0.25) is 5.75 Å². The van der Waals surface area contributed by atoms with Crippen LogP contribution in [0.4, 0.5) is 4.39 Å². The largest absolute Gasteiger partial charge is 0.493 e. The Labute approximate surface area is 140 Å². The molecular weight excluding hydrogens is 313 g/mol. The van der Waals surface area contributed by atoms with Crippen molar-refractivity contribution in [3.8, 4) is 17.2 Å². The Kier molecular flexibility index (Phi) is 6.01. The van der Waals surface area contributed by atoms with E-state index < -0.39 is 0 Å². The van der Waals surface area contributed by atoms with Crippen LogP contribution < -0.4 is 19.5 Å². The number of benzene rings is 2. The lowest BCUT2D eigenvalue weighted by molar-refractivity contribution is -0.123. The predicted molar refractivity (Wildman–Crippen MR) is 88.0 cm³/mol. The molecule has 128 valence electrons. The Morgan fingerprint density at radius 1 is 1.08 bits per heavy atom. The number of nitrogens with one attached hydrogen (secondary N) is 1. The van der Waals surface area contributed by atoms with Crippen LogP contribution in [-0.2, 0) is 4.79 Å². The van der Waals surface area contributed by atoms with Gasteiger partial charge in [0, 0.05) is 0 Å². The van der Waals surface area contributed by atoms with E-state index in [0.717, 1.165) is 5.56 Å². The number of hydrogen-bond acceptors (Lipinski definition) is 4. The van der Waals surface area contributed by atoms with E-state index in [1.165, 1.54) is 26.4 Å². The standard InChI is InChI=1S/C18H20FNO4/c1-12(13-7-9-14(19)10-8-13)20-17(21)11-24-18-15(22-2)5-4-6-16(18)23-3/h4-10,12H,11H2,1-3H3,(H,20,21). The first-order chi connectivity index (χ1) is 11.5. The molecule has 0 fully saturated rings. The van der Waals surface area contributed by atoms with Crippen LogP contribution in [0.1, 0.15) is 18.5 Å². The molecule has 0 aliphatic rings. The Bertz CT molecular complexity index is 666. The smallest absolute Gasteiger partial charge is 0.258 e. The van der Waals surface area contributed by atoms with Crippen molar-refractivity contribution in [3.05, 3.63) is 53.8 Å². The van der Waals surface area contributed by atoms with Gasteiger partial charge in [-0.1, -0.05) is 18.2 Å². The normalized spacial score (nSPS) is 11.5. The topological polar surface area (TPSA) is 56.8 Å². The van der Waals surface area contributed by atoms with Crippen LogP contribution in [0.2, 0.25) is 0 Å². The Morgan fingerprint density at radius 2 is 1.67 bits per heavy atom. The predicted octanol–water partition coefficient (Wildman–Crippen LogP) is 3.10. The van der Waals surface area contributed by atoms with Gasteiger partial charge in [-0.25, -0.2) is 4.39 Å². The maximum absolute atomic E-state index is 12.9.